The lowest BCUT2D eigenvalue weighted by atomic mass is 9.86. The number of nitrogens with one attached hydrogen (secondary N) is 1. The third-order valence-electron chi connectivity index (χ3n) is 5.61. The SMILES string of the molecule is C[C@@H]1CCCC[C@H]1NC(=O)CN1CCN(S(=O)(=O)c2ccc(Cl)cc2)CC1. The van der Waals surface area contributed by atoms with E-state index in [-0.39, 0.29) is 16.8 Å². The number of amides is 1. The lowest BCUT2D eigenvalue weighted by molar-refractivity contribution is -0.123. The van der Waals surface area contributed by atoms with E-state index in [0.29, 0.717) is 43.7 Å². The predicted molar refractivity (Wildman–Crippen MR) is 106 cm³/mol. The molecule has 0 spiro atoms. The predicted octanol–water partition coefficient (Wildman–Crippen LogP) is 2.34. The summed E-state index contributed by atoms with van der Waals surface area (Å²) < 4.78 is 26.9. The first-order chi connectivity index (χ1) is 12.9. The van der Waals surface area contributed by atoms with Crippen molar-refractivity contribution in [1.82, 2.24) is 14.5 Å². The van der Waals surface area contributed by atoms with Gasteiger partial charge in [0.1, 0.15) is 0 Å². The molecular formula is C19H28ClN3O3S. The number of nitrogens with zero attached hydrogens (tertiary/aromatic N) is 2. The van der Waals surface area contributed by atoms with Crippen LogP contribution < -0.4 is 5.32 Å². The minimum Gasteiger partial charge on any atom is -0.352 e. The molecule has 1 aromatic rings. The Labute approximate surface area is 166 Å². The zero-order valence-corrected chi connectivity index (χ0v) is 17.3. The molecule has 150 valence electrons. The molecule has 1 saturated heterocycles. The lowest BCUT2D eigenvalue weighted by Crippen LogP contribution is -2.52. The lowest BCUT2D eigenvalue weighted by Gasteiger charge is -2.34. The van der Waals surface area contributed by atoms with Crippen LogP contribution in [0, 0.1) is 5.92 Å². The van der Waals surface area contributed by atoms with Gasteiger partial charge < -0.3 is 5.32 Å². The van der Waals surface area contributed by atoms with Gasteiger partial charge in [0, 0.05) is 37.2 Å². The Morgan fingerprint density at radius 2 is 1.74 bits per heavy atom. The van der Waals surface area contributed by atoms with Gasteiger partial charge in [0.25, 0.3) is 0 Å². The molecule has 1 heterocycles. The maximum Gasteiger partial charge on any atom is 0.243 e. The average molecular weight is 414 g/mol. The largest absolute Gasteiger partial charge is 0.352 e. The number of piperazine rings is 1. The zero-order chi connectivity index (χ0) is 19.4. The molecule has 3 rings (SSSR count). The molecule has 0 bridgehead atoms. The van der Waals surface area contributed by atoms with E-state index in [1.165, 1.54) is 35.7 Å². The third kappa shape index (κ3) is 5.22. The number of rotatable bonds is 5. The molecule has 0 radical (unpaired) electrons. The van der Waals surface area contributed by atoms with Crippen LogP contribution in [0.15, 0.2) is 29.2 Å². The summed E-state index contributed by atoms with van der Waals surface area (Å²) in [6, 6.07) is 6.51. The molecule has 1 aliphatic heterocycles. The first-order valence-electron chi connectivity index (χ1n) is 9.64. The van der Waals surface area contributed by atoms with Crippen molar-refractivity contribution in [2.24, 2.45) is 5.92 Å². The van der Waals surface area contributed by atoms with E-state index in [2.05, 4.69) is 12.2 Å². The number of benzene rings is 1. The number of carbonyl (C=O) groups is 1. The van der Waals surface area contributed by atoms with Gasteiger partial charge in [-0.05, 0) is 43.0 Å². The first kappa shape index (κ1) is 20.6. The highest BCUT2D eigenvalue weighted by molar-refractivity contribution is 7.89. The molecule has 0 aromatic heterocycles. The van der Waals surface area contributed by atoms with Gasteiger partial charge in [-0.2, -0.15) is 4.31 Å². The molecule has 1 aromatic carbocycles. The standard InChI is InChI=1S/C19H28ClN3O3S/c1-15-4-2-3-5-18(15)21-19(24)14-22-10-12-23(13-11-22)27(25,26)17-8-6-16(20)7-9-17/h6-9,15,18H,2-5,10-14H2,1H3,(H,21,24)/t15-,18-/m1/s1. The fourth-order valence-corrected chi connectivity index (χ4v) is 5.42. The van der Waals surface area contributed by atoms with Gasteiger partial charge >= 0.3 is 0 Å². The van der Waals surface area contributed by atoms with E-state index in [4.69, 9.17) is 11.6 Å². The summed E-state index contributed by atoms with van der Waals surface area (Å²) >= 11 is 5.84. The van der Waals surface area contributed by atoms with Gasteiger partial charge in [0.05, 0.1) is 11.4 Å². The van der Waals surface area contributed by atoms with Crippen LogP contribution in [-0.2, 0) is 14.8 Å². The van der Waals surface area contributed by atoms with Gasteiger partial charge in [0.2, 0.25) is 15.9 Å². The molecule has 1 amide bonds. The summed E-state index contributed by atoms with van der Waals surface area (Å²) in [4.78, 5) is 14.6. The second-order valence-electron chi connectivity index (χ2n) is 7.57. The summed E-state index contributed by atoms with van der Waals surface area (Å²) in [7, 11) is -3.51. The molecule has 1 N–H and O–H groups in total. The monoisotopic (exact) mass is 413 g/mol. The molecule has 2 fully saturated rings. The highest BCUT2D eigenvalue weighted by Gasteiger charge is 2.30. The number of hydrogen-bond acceptors (Lipinski definition) is 4. The van der Waals surface area contributed by atoms with Gasteiger partial charge in [-0.25, -0.2) is 8.42 Å². The van der Waals surface area contributed by atoms with E-state index in [1.807, 2.05) is 4.90 Å². The number of carbonyl (C=O) groups excluding carboxylic acids is 1. The summed E-state index contributed by atoms with van der Waals surface area (Å²) in [5.74, 6) is 0.576. The van der Waals surface area contributed by atoms with Crippen LogP contribution in [0.3, 0.4) is 0 Å². The first-order valence-corrected chi connectivity index (χ1v) is 11.5. The molecular weight excluding hydrogens is 386 g/mol. The van der Waals surface area contributed by atoms with E-state index >= 15 is 0 Å². The zero-order valence-electron chi connectivity index (χ0n) is 15.7. The molecule has 27 heavy (non-hydrogen) atoms. The van der Waals surface area contributed by atoms with Crippen molar-refractivity contribution in [1.29, 1.82) is 0 Å². The second kappa shape index (κ2) is 8.90. The second-order valence-corrected chi connectivity index (χ2v) is 9.94. The number of sulfonamides is 1. The molecule has 1 saturated carbocycles. The van der Waals surface area contributed by atoms with Crippen LogP contribution in [-0.4, -0.2) is 62.3 Å². The normalized spacial score (nSPS) is 25.3. The quantitative estimate of drug-likeness (QED) is 0.804. The highest BCUT2D eigenvalue weighted by atomic mass is 35.5. The van der Waals surface area contributed by atoms with Crippen LogP contribution in [0.1, 0.15) is 32.6 Å². The van der Waals surface area contributed by atoms with Crippen LogP contribution in [0.5, 0.6) is 0 Å². The maximum absolute atomic E-state index is 12.7. The molecule has 2 aliphatic rings. The Bertz CT molecular complexity index is 746. The fourth-order valence-electron chi connectivity index (χ4n) is 3.87. The van der Waals surface area contributed by atoms with E-state index in [1.54, 1.807) is 12.1 Å². The van der Waals surface area contributed by atoms with Crippen molar-refractivity contribution in [3.05, 3.63) is 29.3 Å². The topological polar surface area (TPSA) is 69.7 Å². The Morgan fingerprint density at radius 3 is 2.37 bits per heavy atom. The Hall–Kier alpha value is -1.15. The molecule has 2 atom stereocenters. The fraction of sp³-hybridized carbons (Fsp3) is 0.632. The summed E-state index contributed by atoms with van der Waals surface area (Å²) in [6.07, 6.45) is 4.65. The van der Waals surface area contributed by atoms with Crippen molar-refractivity contribution in [3.63, 3.8) is 0 Å². The molecule has 6 nitrogen and oxygen atoms in total. The van der Waals surface area contributed by atoms with Crippen LogP contribution >= 0.6 is 11.6 Å². The molecule has 0 unspecified atom stereocenters. The smallest absolute Gasteiger partial charge is 0.243 e. The van der Waals surface area contributed by atoms with Gasteiger partial charge in [0.15, 0.2) is 0 Å². The van der Waals surface area contributed by atoms with Gasteiger partial charge in [-0.1, -0.05) is 31.4 Å². The van der Waals surface area contributed by atoms with Gasteiger partial charge in [-0.3, -0.25) is 9.69 Å². The van der Waals surface area contributed by atoms with Crippen molar-refractivity contribution in [2.75, 3.05) is 32.7 Å². The van der Waals surface area contributed by atoms with E-state index in [9.17, 15) is 13.2 Å². The van der Waals surface area contributed by atoms with Gasteiger partial charge in [-0.15, -0.1) is 0 Å². The minimum absolute atomic E-state index is 0.0442. The summed E-state index contributed by atoms with van der Waals surface area (Å²) in [6.45, 7) is 4.42. The number of halogens is 1. The Morgan fingerprint density at radius 1 is 1.11 bits per heavy atom. The highest BCUT2D eigenvalue weighted by Crippen LogP contribution is 2.24. The maximum atomic E-state index is 12.7. The van der Waals surface area contributed by atoms with Crippen molar-refractivity contribution in [2.45, 2.75) is 43.5 Å². The molecule has 1 aliphatic carbocycles. The van der Waals surface area contributed by atoms with Crippen molar-refractivity contribution >= 4 is 27.5 Å². The Balaban J connectivity index is 1.49. The summed E-state index contributed by atoms with van der Waals surface area (Å²) in [5, 5.41) is 3.67. The van der Waals surface area contributed by atoms with E-state index < -0.39 is 10.0 Å². The Kier molecular flexibility index (Phi) is 6.78. The third-order valence-corrected chi connectivity index (χ3v) is 7.77. The van der Waals surface area contributed by atoms with Crippen molar-refractivity contribution in [3.8, 4) is 0 Å². The molecule has 8 heteroatoms. The number of hydrogen-bond donors (Lipinski definition) is 1. The van der Waals surface area contributed by atoms with Crippen molar-refractivity contribution < 1.29 is 13.2 Å². The summed E-state index contributed by atoms with van der Waals surface area (Å²) in [5.41, 5.74) is 0. The van der Waals surface area contributed by atoms with Crippen LogP contribution in [0.4, 0.5) is 0 Å². The average Bonchev–Trinajstić information content (AvgIpc) is 2.64. The van der Waals surface area contributed by atoms with E-state index in [0.717, 1.165) is 6.42 Å². The minimum atomic E-state index is -3.51. The van der Waals surface area contributed by atoms with Crippen LogP contribution in [0.2, 0.25) is 5.02 Å². The van der Waals surface area contributed by atoms with Crippen LogP contribution in [0.25, 0.3) is 0 Å².